The van der Waals surface area contributed by atoms with Gasteiger partial charge in [0, 0.05) is 13.8 Å². The van der Waals surface area contributed by atoms with E-state index in [1.807, 2.05) is 0 Å². The SMILES string of the molecule is CCCC[C@H]1O[C@@H](n2cnc3c(=S)nc(N)[nH]c32)C(OC(C)=O)C1OC(C)=O. The van der Waals surface area contributed by atoms with Gasteiger partial charge < -0.3 is 24.9 Å². The Morgan fingerprint density at radius 1 is 1.32 bits per heavy atom. The van der Waals surface area contributed by atoms with Crippen LogP contribution in [0.25, 0.3) is 11.2 Å². The van der Waals surface area contributed by atoms with Crippen molar-refractivity contribution in [3.8, 4) is 0 Å². The first kappa shape index (κ1) is 20.2. The average Bonchev–Trinajstić information content (AvgIpc) is 3.15. The number of H-pyrrole nitrogens is 1. The van der Waals surface area contributed by atoms with Crippen LogP contribution < -0.4 is 5.73 Å². The summed E-state index contributed by atoms with van der Waals surface area (Å²) in [5.74, 6) is -0.859. The number of aromatic nitrogens is 4. The van der Waals surface area contributed by atoms with Gasteiger partial charge in [0.1, 0.15) is 17.3 Å². The number of nitrogens with zero attached hydrogens (tertiary/aromatic N) is 3. The number of nitrogens with two attached hydrogens (primary N) is 1. The molecule has 1 aliphatic heterocycles. The van der Waals surface area contributed by atoms with E-state index in [0.29, 0.717) is 17.6 Å². The number of ether oxygens (including phenoxy) is 3. The molecule has 28 heavy (non-hydrogen) atoms. The highest BCUT2D eigenvalue weighted by atomic mass is 32.1. The maximum absolute atomic E-state index is 11.7. The highest BCUT2D eigenvalue weighted by molar-refractivity contribution is 7.71. The predicted molar refractivity (Wildman–Crippen MR) is 102 cm³/mol. The number of unbranched alkanes of at least 4 members (excludes halogenated alkanes) is 1. The van der Waals surface area contributed by atoms with E-state index in [1.165, 1.54) is 20.2 Å². The fourth-order valence-corrected chi connectivity index (χ4v) is 3.61. The van der Waals surface area contributed by atoms with Gasteiger partial charge in [0.2, 0.25) is 0 Å². The van der Waals surface area contributed by atoms with E-state index in [-0.39, 0.29) is 10.6 Å². The quantitative estimate of drug-likeness (QED) is 0.542. The van der Waals surface area contributed by atoms with Crippen molar-refractivity contribution < 1.29 is 23.8 Å². The number of carbonyl (C=O) groups is 2. The van der Waals surface area contributed by atoms with Crippen molar-refractivity contribution in [1.82, 2.24) is 19.5 Å². The summed E-state index contributed by atoms with van der Waals surface area (Å²) in [6.07, 6.45) is 1.17. The molecule has 4 atom stereocenters. The molecule has 10 nitrogen and oxygen atoms in total. The van der Waals surface area contributed by atoms with E-state index < -0.39 is 36.5 Å². The molecule has 0 amide bonds. The molecule has 152 valence electrons. The molecule has 1 fully saturated rings. The number of aromatic amines is 1. The molecular formula is C17H23N5O5S. The third-order valence-electron chi connectivity index (χ3n) is 4.47. The van der Waals surface area contributed by atoms with E-state index in [0.717, 1.165) is 12.8 Å². The molecule has 3 heterocycles. The molecule has 3 rings (SSSR count). The smallest absolute Gasteiger partial charge is 0.303 e. The van der Waals surface area contributed by atoms with Gasteiger partial charge in [-0.3, -0.25) is 14.2 Å². The van der Waals surface area contributed by atoms with Gasteiger partial charge in [0.15, 0.2) is 29.0 Å². The molecule has 2 aromatic heterocycles. The van der Waals surface area contributed by atoms with Crippen LogP contribution in [0.3, 0.4) is 0 Å². The first-order valence-electron chi connectivity index (χ1n) is 9.04. The average molecular weight is 409 g/mol. The number of imidazole rings is 1. The monoisotopic (exact) mass is 409 g/mol. The highest BCUT2D eigenvalue weighted by Crippen LogP contribution is 2.37. The van der Waals surface area contributed by atoms with Gasteiger partial charge in [-0.15, -0.1) is 0 Å². The standard InChI is InChI=1S/C17H23N5O5S/c1-4-5-6-10-12(25-8(2)23)13(26-9(3)24)16(27-10)22-7-19-11-14(22)20-17(18)21-15(11)28/h7,10,12-13,16H,4-6H2,1-3H3,(H3,18,20,21,28)/t10-,12?,13?,16-/m1/s1. The lowest BCUT2D eigenvalue weighted by atomic mass is 10.0. The zero-order chi connectivity index (χ0) is 20.4. The fraction of sp³-hybridized carbons (Fsp3) is 0.588. The number of rotatable bonds is 6. The second-order valence-corrected chi connectivity index (χ2v) is 7.02. The summed E-state index contributed by atoms with van der Waals surface area (Å²) in [5.41, 5.74) is 6.71. The van der Waals surface area contributed by atoms with Crippen LogP contribution in [0.15, 0.2) is 6.33 Å². The summed E-state index contributed by atoms with van der Waals surface area (Å²) < 4.78 is 19.0. The van der Waals surface area contributed by atoms with Gasteiger partial charge in [-0.05, 0) is 6.42 Å². The van der Waals surface area contributed by atoms with Crippen molar-refractivity contribution in [3.05, 3.63) is 11.0 Å². The molecule has 2 aromatic rings. The molecule has 0 spiro atoms. The Morgan fingerprint density at radius 3 is 2.64 bits per heavy atom. The fourth-order valence-electron chi connectivity index (χ4n) is 3.37. The molecule has 3 N–H and O–H groups in total. The second kappa shape index (κ2) is 8.23. The van der Waals surface area contributed by atoms with E-state index in [2.05, 4.69) is 21.9 Å². The summed E-state index contributed by atoms with van der Waals surface area (Å²) in [6, 6.07) is 0. The maximum Gasteiger partial charge on any atom is 0.303 e. The van der Waals surface area contributed by atoms with E-state index in [1.54, 1.807) is 4.57 Å². The lowest BCUT2D eigenvalue weighted by Crippen LogP contribution is -2.38. The van der Waals surface area contributed by atoms with Gasteiger partial charge in [-0.2, -0.15) is 0 Å². The summed E-state index contributed by atoms with van der Waals surface area (Å²) in [5, 5.41) is 0. The van der Waals surface area contributed by atoms with Crippen molar-refractivity contribution in [1.29, 1.82) is 0 Å². The minimum absolute atomic E-state index is 0.125. The van der Waals surface area contributed by atoms with Crippen LogP contribution in [0.4, 0.5) is 5.95 Å². The molecule has 0 aromatic carbocycles. The Bertz CT molecular complexity index is 942. The summed E-state index contributed by atoms with van der Waals surface area (Å²) in [7, 11) is 0. The molecule has 0 bridgehead atoms. The molecule has 11 heteroatoms. The van der Waals surface area contributed by atoms with E-state index >= 15 is 0 Å². The van der Waals surface area contributed by atoms with Crippen LogP contribution in [0.1, 0.15) is 46.3 Å². The van der Waals surface area contributed by atoms with Gasteiger partial charge in [0.05, 0.1) is 6.33 Å². The Hall–Kier alpha value is -2.53. The normalized spacial score (nSPS) is 24.4. The molecule has 1 saturated heterocycles. The third-order valence-corrected chi connectivity index (χ3v) is 4.76. The maximum atomic E-state index is 11.7. The van der Waals surface area contributed by atoms with Crippen molar-refractivity contribution in [2.24, 2.45) is 0 Å². The first-order chi connectivity index (χ1) is 13.3. The molecule has 0 radical (unpaired) electrons. The largest absolute Gasteiger partial charge is 0.456 e. The Balaban J connectivity index is 2.05. The number of esters is 2. The number of carbonyl (C=O) groups excluding carboxylic acids is 2. The van der Waals surface area contributed by atoms with Crippen molar-refractivity contribution in [2.45, 2.75) is 64.6 Å². The highest BCUT2D eigenvalue weighted by Gasteiger charge is 2.50. The molecular weight excluding hydrogens is 386 g/mol. The van der Waals surface area contributed by atoms with Crippen LogP contribution in [0.5, 0.6) is 0 Å². The zero-order valence-electron chi connectivity index (χ0n) is 15.9. The lowest BCUT2D eigenvalue weighted by molar-refractivity contribution is -0.165. The number of nitrogen functional groups attached to an aromatic ring is 1. The third kappa shape index (κ3) is 3.99. The topological polar surface area (TPSA) is 134 Å². The molecule has 1 aliphatic rings. The number of hydrogen-bond donors (Lipinski definition) is 2. The molecule has 2 unspecified atom stereocenters. The summed E-state index contributed by atoms with van der Waals surface area (Å²) in [6.45, 7) is 4.66. The predicted octanol–water partition coefficient (Wildman–Crippen LogP) is 2.02. The van der Waals surface area contributed by atoms with Gasteiger partial charge in [0.25, 0.3) is 0 Å². The van der Waals surface area contributed by atoms with Gasteiger partial charge in [-0.1, -0.05) is 32.0 Å². The number of anilines is 1. The van der Waals surface area contributed by atoms with Crippen molar-refractivity contribution in [2.75, 3.05) is 5.73 Å². The van der Waals surface area contributed by atoms with Crippen molar-refractivity contribution in [3.63, 3.8) is 0 Å². The minimum Gasteiger partial charge on any atom is -0.456 e. The minimum atomic E-state index is -0.850. The zero-order valence-corrected chi connectivity index (χ0v) is 16.7. The second-order valence-electron chi connectivity index (χ2n) is 6.63. The Kier molecular flexibility index (Phi) is 5.94. The molecule has 0 aliphatic carbocycles. The number of fused-ring (bicyclic) bond motifs is 1. The van der Waals surface area contributed by atoms with E-state index in [4.69, 9.17) is 32.2 Å². The van der Waals surface area contributed by atoms with Crippen LogP contribution in [-0.4, -0.2) is 49.8 Å². The van der Waals surface area contributed by atoms with Gasteiger partial charge in [-0.25, -0.2) is 9.97 Å². The van der Waals surface area contributed by atoms with Crippen LogP contribution in [0, 0.1) is 4.64 Å². The van der Waals surface area contributed by atoms with Crippen LogP contribution in [-0.2, 0) is 23.8 Å². The first-order valence-corrected chi connectivity index (χ1v) is 9.44. The Morgan fingerprint density at radius 2 is 2.00 bits per heavy atom. The number of nitrogens with one attached hydrogen (secondary N) is 1. The van der Waals surface area contributed by atoms with Crippen LogP contribution in [0.2, 0.25) is 0 Å². The molecule has 0 saturated carbocycles. The summed E-state index contributed by atoms with van der Waals surface area (Å²) >= 11 is 5.21. The van der Waals surface area contributed by atoms with Crippen LogP contribution >= 0.6 is 12.2 Å². The van der Waals surface area contributed by atoms with Gasteiger partial charge >= 0.3 is 11.9 Å². The number of hydrogen-bond acceptors (Lipinski definition) is 9. The van der Waals surface area contributed by atoms with Crippen molar-refractivity contribution >= 4 is 41.3 Å². The van der Waals surface area contributed by atoms with E-state index in [9.17, 15) is 9.59 Å². The Labute approximate surface area is 166 Å². The lowest BCUT2D eigenvalue weighted by Gasteiger charge is -2.24. The summed E-state index contributed by atoms with van der Waals surface area (Å²) in [4.78, 5) is 34.6.